The highest BCUT2D eigenvalue weighted by Crippen LogP contribution is 2.25. The molecule has 9 nitrogen and oxygen atoms in total. The first-order chi connectivity index (χ1) is 13.0. The van der Waals surface area contributed by atoms with Crippen LogP contribution >= 0.6 is 0 Å². The van der Waals surface area contributed by atoms with E-state index in [9.17, 15) is 14.4 Å². The molecule has 3 rings (SSSR count). The van der Waals surface area contributed by atoms with E-state index in [-0.39, 0.29) is 12.6 Å². The number of allylic oxidation sites excluding steroid dienone is 1. The van der Waals surface area contributed by atoms with Gasteiger partial charge in [-0.1, -0.05) is 6.92 Å². The van der Waals surface area contributed by atoms with Gasteiger partial charge in [0.1, 0.15) is 12.0 Å². The minimum absolute atomic E-state index is 0.00557. The fourth-order valence-electron chi connectivity index (χ4n) is 3.26. The van der Waals surface area contributed by atoms with Gasteiger partial charge in [0, 0.05) is 19.2 Å². The van der Waals surface area contributed by atoms with E-state index < -0.39 is 23.8 Å². The molecule has 3 heterocycles. The molecule has 0 aromatic carbocycles. The predicted octanol–water partition coefficient (Wildman–Crippen LogP) is 0.296. The van der Waals surface area contributed by atoms with Crippen molar-refractivity contribution in [2.75, 3.05) is 33.4 Å². The van der Waals surface area contributed by atoms with Gasteiger partial charge in [-0.2, -0.15) is 9.48 Å². The number of imide groups is 1. The van der Waals surface area contributed by atoms with Gasteiger partial charge in [0.2, 0.25) is 0 Å². The van der Waals surface area contributed by atoms with Gasteiger partial charge in [0.15, 0.2) is 12.5 Å². The van der Waals surface area contributed by atoms with Crippen molar-refractivity contribution in [3.8, 4) is 0 Å². The monoisotopic (exact) mass is 377 g/mol. The van der Waals surface area contributed by atoms with E-state index in [0.717, 1.165) is 24.2 Å². The van der Waals surface area contributed by atoms with E-state index in [1.54, 1.807) is 6.08 Å². The van der Waals surface area contributed by atoms with Crippen LogP contribution in [-0.4, -0.2) is 78.8 Å². The lowest BCUT2D eigenvalue weighted by molar-refractivity contribution is -0.408. The SMILES string of the molecule is CCCOC1=CC=NC2=[N+](C)C(=O)N(CC(=O)NCC3CCCO3)C(=O)C12. The molecule has 0 aliphatic carbocycles. The third-order valence-corrected chi connectivity index (χ3v) is 4.69. The maximum absolute atomic E-state index is 12.9. The van der Waals surface area contributed by atoms with Gasteiger partial charge in [0.05, 0.1) is 19.8 Å². The van der Waals surface area contributed by atoms with Crippen LogP contribution in [0.3, 0.4) is 0 Å². The molecule has 3 aliphatic rings. The highest BCUT2D eigenvalue weighted by atomic mass is 16.5. The topological polar surface area (TPSA) is 100 Å². The minimum Gasteiger partial charge on any atom is -0.496 e. The third-order valence-electron chi connectivity index (χ3n) is 4.69. The highest BCUT2D eigenvalue weighted by Gasteiger charge is 2.50. The molecule has 1 N–H and O–H groups in total. The average Bonchev–Trinajstić information content (AvgIpc) is 3.19. The normalized spacial score (nSPS) is 24.8. The fraction of sp³-hybridized carbons (Fsp3) is 0.611. The summed E-state index contributed by atoms with van der Waals surface area (Å²) < 4.78 is 12.4. The Kier molecular flexibility index (Phi) is 6.00. The van der Waals surface area contributed by atoms with E-state index in [4.69, 9.17) is 9.47 Å². The summed E-state index contributed by atoms with van der Waals surface area (Å²) in [6.45, 7) is 3.15. The summed E-state index contributed by atoms with van der Waals surface area (Å²) in [6.07, 6.45) is 5.79. The van der Waals surface area contributed by atoms with Crippen LogP contribution in [0.1, 0.15) is 26.2 Å². The number of nitrogens with one attached hydrogen (secondary N) is 1. The standard InChI is InChI=1S/C18H24N4O5/c1-3-8-27-13-6-7-19-16-15(13)17(24)22(18(25)21(16)2)11-14(23)20-10-12-5-4-9-26-12/h6-7,12,15H,3-5,8-11H2,1-2H3/p+1. The van der Waals surface area contributed by atoms with Crippen molar-refractivity contribution in [1.82, 2.24) is 10.2 Å². The molecular weight excluding hydrogens is 352 g/mol. The summed E-state index contributed by atoms with van der Waals surface area (Å²) in [7, 11) is 1.54. The largest absolute Gasteiger partial charge is 0.496 e. The number of urea groups is 1. The molecule has 2 atom stereocenters. The summed E-state index contributed by atoms with van der Waals surface area (Å²) in [4.78, 5) is 42.9. The maximum atomic E-state index is 12.9. The number of amides is 4. The minimum atomic E-state index is -0.810. The molecule has 0 saturated carbocycles. The Morgan fingerprint density at radius 2 is 2.30 bits per heavy atom. The molecule has 3 aliphatic heterocycles. The summed E-state index contributed by atoms with van der Waals surface area (Å²) in [6, 6.07) is -0.576. The third kappa shape index (κ3) is 4.08. The second-order valence-corrected chi connectivity index (χ2v) is 6.69. The Hall–Kier alpha value is -2.55. The van der Waals surface area contributed by atoms with Crippen LogP contribution < -0.4 is 5.32 Å². The van der Waals surface area contributed by atoms with Crippen LogP contribution in [0.5, 0.6) is 0 Å². The van der Waals surface area contributed by atoms with E-state index in [2.05, 4.69) is 10.3 Å². The van der Waals surface area contributed by atoms with Crippen LogP contribution in [0.4, 0.5) is 4.79 Å². The van der Waals surface area contributed by atoms with Crippen molar-refractivity contribution in [3.63, 3.8) is 0 Å². The van der Waals surface area contributed by atoms with E-state index in [1.807, 2.05) is 6.92 Å². The number of rotatable bonds is 7. The quantitative estimate of drug-likeness (QED) is 0.643. The number of hydrogen-bond donors (Lipinski definition) is 1. The molecule has 1 saturated heterocycles. The van der Waals surface area contributed by atoms with Crippen molar-refractivity contribution in [2.45, 2.75) is 32.3 Å². The second-order valence-electron chi connectivity index (χ2n) is 6.69. The maximum Gasteiger partial charge on any atom is 0.446 e. The molecule has 0 spiro atoms. The van der Waals surface area contributed by atoms with Crippen LogP contribution in [0.25, 0.3) is 0 Å². The van der Waals surface area contributed by atoms with Crippen molar-refractivity contribution in [1.29, 1.82) is 0 Å². The zero-order chi connectivity index (χ0) is 19.4. The second kappa shape index (κ2) is 8.43. The van der Waals surface area contributed by atoms with Crippen molar-refractivity contribution < 1.29 is 28.4 Å². The van der Waals surface area contributed by atoms with Gasteiger partial charge in [-0.25, -0.2) is 4.79 Å². The lowest BCUT2D eigenvalue weighted by atomic mass is 9.99. The Morgan fingerprint density at radius 1 is 1.48 bits per heavy atom. The molecule has 0 bridgehead atoms. The first-order valence-corrected chi connectivity index (χ1v) is 9.24. The summed E-state index contributed by atoms with van der Waals surface area (Å²) in [5.74, 6) is -0.955. The summed E-state index contributed by atoms with van der Waals surface area (Å²) in [5, 5.41) is 2.73. The molecule has 0 aromatic rings. The van der Waals surface area contributed by atoms with Gasteiger partial charge in [-0.3, -0.25) is 9.59 Å². The van der Waals surface area contributed by atoms with Gasteiger partial charge >= 0.3 is 11.9 Å². The van der Waals surface area contributed by atoms with Gasteiger partial charge < -0.3 is 14.8 Å². The van der Waals surface area contributed by atoms with Gasteiger partial charge in [-0.15, -0.1) is 4.99 Å². The molecule has 4 amide bonds. The molecule has 146 valence electrons. The predicted molar refractivity (Wildman–Crippen MR) is 96.6 cm³/mol. The molecule has 9 heteroatoms. The van der Waals surface area contributed by atoms with Crippen LogP contribution in [0, 0.1) is 5.92 Å². The smallest absolute Gasteiger partial charge is 0.446 e. The molecule has 27 heavy (non-hydrogen) atoms. The first kappa shape index (κ1) is 19.2. The molecule has 0 radical (unpaired) electrons. The van der Waals surface area contributed by atoms with Gasteiger partial charge in [-0.05, 0) is 19.3 Å². The number of carbonyl (C=O) groups excluding carboxylic acids is 3. The number of hydrogen-bond acceptors (Lipinski definition) is 6. The number of dihydropyridines is 1. The van der Waals surface area contributed by atoms with Gasteiger partial charge in [0.25, 0.3) is 11.7 Å². The molecule has 1 fully saturated rings. The van der Waals surface area contributed by atoms with E-state index in [0.29, 0.717) is 31.4 Å². The van der Waals surface area contributed by atoms with Crippen LogP contribution in [0.15, 0.2) is 16.8 Å². The number of carbonyl (C=O) groups is 3. The lowest BCUT2D eigenvalue weighted by Gasteiger charge is -2.28. The van der Waals surface area contributed by atoms with Crippen LogP contribution in [-0.2, 0) is 19.1 Å². The Labute approximate surface area is 157 Å². The first-order valence-electron chi connectivity index (χ1n) is 9.24. The Bertz CT molecular complexity index is 721. The summed E-state index contributed by atoms with van der Waals surface area (Å²) in [5.41, 5.74) is 0. The number of amidine groups is 1. The highest BCUT2D eigenvalue weighted by molar-refractivity contribution is 6.16. The number of ether oxygens (including phenoxy) is 2. The van der Waals surface area contributed by atoms with E-state index in [1.165, 1.54) is 17.8 Å². The van der Waals surface area contributed by atoms with Crippen molar-refractivity contribution in [3.05, 3.63) is 11.8 Å². The molecule has 0 aromatic heterocycles. The number of nitrogens with zero attached hydrogens (tertiary/aromatic N) is 3. The Morgan fingerprint density at radius 3 is 3.00 bits per heavy atom. The van der Waals surface area contributed by atoms with Crippen LogP contribution in [0.2, 0.25) is 0 Å². The fourth-order valence-corrected chi connectivity index (χ4v) is 3.26. The van der Waals surface area contributed by atoms with Crippen molar-refractivity contribution in [2.24, 2.45) is 10.9 Å². The zero-order valence-electron chi connectivity index (χ0n) is 15.6. The lowest BCUT2D eigenvalue weighted by Crippen LogP contribution is -2.57. The van der Waals surface area contributed by atoms with E-state index >= 15 is 0 Å². The zero-order valence-corrected chi connectivity index (χ0v) is 15.6. The Balaban J connectivity index is 1.71. The number of aliphatic imine (C=N–C) groups is 1. The molecule has 2 unspecified atom stereocenters. The average molecular weight is 377 g/mol. The summed E-state index contributed by atoms with van der Waals surface area (Å²) >= 11 is 0. The molecular formula is C18H25N4O5+. The number of fused-ring (bicyclic) bond motifs is 1. The van der Waals surface area contributed by atoms with Crippen molar-refractivity contribution >= 4 is 29.9 Å².